The Hall–Kier alpha value is -3.52. The lowest BCUT2D eigenvalue weighted by molar-refractivity contribution is -0.00111. The first-order chi connectivity index (χ1) is 18.4. The molecule has 9 nitrogen and oxygen atoms in total. The fraction of sp³-hybridized carbons (Fsp3) is 0.393. The highest BCUT2D eigenvalue weighted by Gasteiger charge is 2.31. The number of hydrogen-bond acceptors (Lipinski definition) is 10. The lowest BCUT2D eigenvalue weighted by Gasteiger charge is -2.41. The van der Waals surface area contributed by atoms with Crippen molar-refractivity contribution in [2.45, 2.75) is 30.4 Å². The van der Waals surface area contributed by atoms with Crippen molar-refractivity contribution < 1.29 is 18.9 Å². The van der Waals surface area contributed by atoms with Gasteiger partial charge < -0.3 is 24.3 Å². The lowest BCUT2D eigenvalue weighted by Crippen LogP contribution is -2.54. The average Bonchev–Trinajstić information content (AvgIpc) is 2.95. The number of methoxy groups -OCH3 is 3. The minimum Gasteiger partial charge on any atom is -0.493 e. The molecule has 0 bridgehead atoms. The summed E-state index contributed by atoms with van der Waals surface area (Å²) in [5.41, 5.74) is 2.16. The summed E-state index contributed by atoms with van der Waals surface area (Å²) < 4.78 is 22.2. The van der Waals surface area contributed by atoms with Crippen molar-refractivity contribution >= 4 is 17.6 Å². The molecule has 0 aliphatic carbocycles. The molecule has 0 spiro atoms. The van der Waals surface area contributed by atoms with E-state index in [0.29, 0.717) is 64.0 Å². The van der Waals surface area contributed by atoms with E-state index in [2.05, 4.69) is 42.3 Å². The van der Waals surface area contributed by atoms with Crippen LogP contribution in [-0.4, -0.2) is 68.2 Å². The van der Waals surface area contributed by atoms with E-state index in [9.17, 15) is 5.26 Å². The highest BCUT2D eigenvalue weighted by Crippen LogP contribution is 2.42. The van der Waals surface area contributed by atoms with Gasteiger partial charge in [0.05, 0.1) is 45.9 Å². The molecule has 1 saturated heterocycles. The molecule has 200 valence electrons. The van der Waals surface area contributed by atoms with Gasteiger partial charge in [-0.15, -0.1) is 0 Å². The molecule has 2 aromatic carbocycles. The minimum absolute atomic E-state index is 0.338. The van der Waals surface area contributed by atoms with Crippen LogP contribution in [-0.2, 0) is 10.5 Å². The SMILES string of the molecule is COc1cc(-c2nc(SCc3ccccc3)nc(NC(C)(C)N3CCOCC3)c2C#N)cc(OC)c1OC. The molecule has 1 aliphatic rings. The van der Waals surface area contributed by atoms with Gasteiger partial charge in [-0.25, -0.2) is 9.97 Å². The molecule has 0 radical (unpaired) electrons. The molecule has 3 aromatic rings. The summed E-state index contributed by atoms with van der Waals surface area (Å²) in [6, 6.07) is 16.1. The summed E-state index contributed by atoms with van der Waals surface area (Å²) in [4.78, 5) is 11.9. The van der Waals surface area contributed by atoms with Crippen molar-refractivity contribution in [3.8, 4) is 34.6 Å². The normalized spacial score (nSPS) is 14.0. The molecule has 0 atom stereocenters. The van der Waals surface area contributed by atoms with Gasteiger partial charge >= 0.3 is 0 Å². The maximum atomic E-state index is 10.3. The van der Waals surface area contributed by atoms with Gasteiger partial charge in [-0.1, -0.05) is 42.1 Å². The van der Waals surface area contributed by atoms with Crippen molar-refractivity contribution in [1.82, 2.24) is 14.9 Å². The molecule has 1 aromatic heterocycles. The Morgan fingerprint density at radius 3 is 2.26 bits per heavy atom. The molecular formula is C28H33N5O4S. The maximum Gasteiger partial charge on any atom is 0.203 e. The Labute approximate surface area is 228 Å². The molecule has 38 heavy (non-hydrogen) atoms. The number of nitrogens with one attached hydrogen (secondary N) is 1. The number of anilines is 1. The molecule has 1 aliphatic heterocycles. The van der Waals surface area contributed by atoms with Gasteiger partial charge in [-0.3, -0.25) is 4.90 Å². The fourth-order valence-corrected chi connectivity index (χ4v) is 5.14. The second-order valence-corrected chi connectivity index (χ2v) is 10.1. The summed E-state index contributed by atoms with van der Waals surface area (Å²) in [7, 11) is 4.68. The van der Waals surface area contributed by atoms with Gasteiger partial charge in [-0.05, 0) is 31.5 Å². The summed E-state index contributed by atoms with van der Waals surface area (Å²) in [6.07, 6.45) is 0. The van der Waals surface area contributed by atoms with Crippen molar-refractivity contribution in [3.05, 3.63) is 53.6 Å². The van der Waals surface area contributed by atoms with Crippen LogP contribution in [0.2, 0.25) is 0 Å². The number of ether oxygens (including phenoxy) is 4. The van der Waals surface area contributed by atoms with Crippen molar-refractivity contribution in [2.75, 3.05) is 52.9 Å². The van der Waals surface area contributed by atoms with Crippen LogP contribution < -0.4 is 19.5 Å². The van der Waals surface area contributed by atoms with E-state index in [4.69, 9.17) is 28.9 Å². The highest BCUT2D eigenvalue weighted by molar-refractivity contribution is 7.98. The van der Waals surface area contributed by atoms with E-state index in [1.807, 2.05) is 18.2 Å². The van der Waals surface area contributed by atoms with Crippen LogP contribution in [0, 0.1) is 11.3 Å². The number of morpholine rings is 1. The second-order valence-electron chi connectivity index (χ2n) is 9.16. The summed E-state index contributed by atoms with van der Waals surface area (Å²) in [5, 5.41) is 14.4. The van der Waals surface area contributed by atoms with Crippen molar-refractivity contribution in [2.24, 2.45) is 0 Å². The zero-order valence-electron chi connectivity index (χ0n) is 22.4. The Bertz CT molecular complexity index is 1270. The van der Waals surface area contributed by atoms with Crippen molar-refractivity contribution in [1.29, 1.82) is 5.26 Å². The quantitative estimate of drug-likeness (QED) is 0.287. The third kappa shape index (κ3) is 6.13. The van der Waals surface area contributed by atoms with E-state index in [0.717, 1.165) is 18.7 Å². The summed E-state index contributed by atoms with van der Waals surface area (Å²) in [6.45, 7) is 7.04. The first-order valence-electron chi connectivity index (χ1n) is 12.3. The number of benzene rings is 2. The van der Waals surface area contributed by atoms with E-state index < -0.39 is 5.66 Å². The molecule has 0 unspecified atom stereocenters. The smallest absolute Gasteiger partial charge is 0.203 e. The largest absolute Gasteiger partial charge is 0.493 e. The zero-order valence-corrected chi connectivity index (χ0v) is 23.2. The lowest BCUT2D eigenvalue weighted by atomic mass is 10.0. The van der Waals surface area contributed by atoms with Gasteiger partial charge in [0.25, 0.3) is 0 Å². The number of nitriles is 1. The van der Waals surface area contributed by atoms with Gasteiger partial charge in [0.15, 0.2) is 22.5 Å². The third-order valence-corrected chi connectivity index (χ3v) is 7.29. The molecule has 0 saturated carbocycles. The van der Waals surface area contributed by atoms with Gasteiger partial charge in [0.2, 0.25) is 5.75 Å². The number of aromatic nitrogens is 2. The van der Waals surface area contributed by atoms with Crippen molar-refractivity contribution in [3.63, 3.8) is 0 Å². The summed E-state index contributed by atoms with van der Waals surface area (Å²) >= 11 is 1.51. The van der Waals surface area contributed by atoms with E-state index in [1.165, 1.54) is 11.8 Å². The Balaban J connectivity index is 1.81. The number of nitrogens with zero attached hydrogens (tertiary/aromatic N) is 4. The fourth-order valence-electron chi connectivity index (χ4n) is 4.34. The molecule has 1 N–H and O–H groups in total. The topological polar surface area (TPSA) is 102 Å². The monoisotopic (exact) mass is 535 g/mol. The number of rotatable bonds is 10. The molecule has 1 fully saturated rings. The third-order valence-electron chi connectivity index (χ3n) is 6.38. The molecule has 0 amide bonds. The highest BCUT2D eigenvalue weighted by atomic mass is 32.2. The van der Waals surface area contributed by atoms with Gasteiger partial charge in [0.1, 0.15) is 11.6 Å². The van der Waals surface area contributed by atoms with Crippen LogP contribution in [0.3, 0.4) is 0 Å². The second kappa shape index (κ2) is 12.3. The Kier molecular flexibility index (Phi) is 8.94. The molecule has 2 heterocycles. The molecular weight excluding hydrogens is 502 g/mol. The molecule has 10 heteroatoms. The van der Waals surface area contributed by atoms with Crippen LogP contribution >= 0.6 is 11.8 Å². The van der Waals surface area contributed by atoms with E-state index >= 15 is 0 Å². The number of hydrogen-bond donors (Lipinski definition) is 1. The first-order valence-corrected chi connectivity index (χ1v) is 13.3. The minimum atomic E-state index is -0.475. The standard InChI is InChI=1S/C28H33N5O4S/c1-28(2,33-11-13-37-14-12-33)32-26-21(17-29)24(20-15-22(34-3)25(36-5)23(16-20)35-4)30-27(31-26)38-18-19-9-7-6-8-10-19/h6-10,15-16H,11-14,18H2,1-5H3,(H,30,31,32). The Morgan fingerprint density at radius 2 is 1.68 bits per heavy atom. The number of thioether (sulfide) groups is 1. The van der Waals surface area contributed by atoms with Crippen LogP contribution in [0.15, 0.2) is 47.6 Å². The van der Waals surface area contributed by atoms with Crippen LogP contribution in [0.5, 0.6) is 17.2 Å². The summed E-state index contributed by atoms with van der Waals surface area (Å²) in [5.74, 6) is 2.58. The molecule has 4 rings (SSSR count). The van der Waals surface area contributed by atoms with E-state index in [1.54, 1.807) is 33.5 Å². The average molecular weight is 536 g/mol. The predicted octanol–water partition coefficient (Wildman–Crippen LogP) is 4.81. The first kappa shape index (κ1) is 27.5. The Morgan fingerprint density at radius 1 is 1.03 bits per heavy atom. The maximum absolute atomic E-state index is 10.3. The van der Waals surface area contributed by atoms with Crippen LogP contribution in [0.4, 0.5) is 5.82 Å². The van der Waals surface area contributed by atoms with Gasteiger partial charge in [0, 0.05) is 24.4 Å². The van der Waals surface area contributed by atoms with E-state index in [-0.39, 0.29) is 0 Å². The predicted molar refractivity (Wildman–Crippen MR) is 148 cm³/mol. The van der Waals surface area contributed by atoms with Crippen LogP contribution in [0.1, 0.15) is 25.0 Å². The van der Waals surface area contributed by atoms with Crippen LogP contribution in [0.25, 0.3) is 11.3 Å². The van der Waals surface area contributed by atoms with Gasteiger partial charge in [-0.2, -0.15) is 5.26 Å². The zero-order chi connectivity index (χ0) is 27.1.